The van der Waals surface area contributed by atoms with Crippen molar-refractivity contribution in [2.75, 3.05) is 0 Å². The maximum atomic E-state index is 15.3. The lowest BCUT2D eigenvalue weighted by Crippen LogP contribution is -2.25. The maximum Gasteiger partial charge on any atom is 0.171 e. The Morgan fingerprint density at radius 1 is 0.833 bits per heavy atom. The van der Waals surface area contributed by atoms with Crippen LogP contribution in [0.5, 0.6) is 0 Å². The number of benzene rings is 2. The molecular formula is C28H33OP. The van der Waals surface area contributed by atoms with Gasteiger partial charge in [0.05, 0.1) is 0 Å². The zero-order chi connectivity index (χ0) is 20.9. The molecule has 3 atom stereocenters. The van der Waals surface area contributed by atoms with Gasteiger partial charge in [0.2, 0.25) is 0 Å². The van der Waals surface area contributed by atoms with Gasteiger partial charge in [0.15, 0.2) is 7.14 Å². The third-order valence-electron chi connectivity index (χ3n) is 7.66. The summed E-state index contributed by atoms with van der Waals surface area (Å²) in [6.07, 6.45) is 8.65. The molecule has 0 N–H and O–H groups in total. The van der Waals surface area contributed by atoms with Crippen molar-refractivity contribution < 1.29 is 4.57 Å². The molecule has 0 aliphatic heterocycles. The van der Waals surface area contributed by atoms with E-state index in [1.165, 1.54) is 42.1 Å². The summed E-state index contributed by atoms with van der Waals surface area (Å²) in [5, 5.41) is 3.22. The number of allylic oxidation sites excluding steroid dienone is 4. The minimum absolute atomic E-state index is 0.249. The molecule has 1 saturated carbocycles. The summed E-state index contributed by atoms with van der Waals surface area (Å²) in [4.78, 5) is 0. The van der Waals surface area contributed by atoms with E-state index < -0.39 is 7.14 Å². The highest BCUT2D eigenvalue weighted by atomic mass is 31.2. The van der Waals surface area contributed by atoms with Crippen molar-refractivity contribution in [3.05, 3.63) is 83.2 Å². The van der Waals surface area contributed by atoms with Crippen LogP contribution in [0.1, 0.15) is 52.9 Å². The molecule has 0 aromatic heterocycles. The fourth-order valence-electron chi connectivity index (χ4n) is 6.04. The average molecular weight is 417 g/mol. The Morgan fingerprint density at radius 2 is 1.43 bits per heavy atom. The molecule has 2 aromatic carbocycles. The molecule has 1 nitrogen and oxygen atoms in total. The molecule has 0 unspecified atom stereocenters. The van der Waals surface area contributed by atoms with Crippen LogP contribution in [0.25, 0.3) is 0 Å². The van der Waals surface area contributed by atoms with Crippen LogP contribution in [-0.4, -0.2) is 0 Å². The van der Waals surface area contributed by atoms with Gasteiger partial charge in [0.1, 0.15) is 0 Å². The molecule has 5 rings (SSSR count). The molecule has 0 radical (unpaired) electrons. The highest BCUT2D eigenvalue weighted by Crippen LogP contribution is 2.65. The van der Waals surface area contributed by atoms with Gasteiger partial charge in [-0.15, -0.1) is 0 Å². The lowest BCUT2D eigenvalue weighted by atomic mass is 9.76. The van der Waals surface area contributed by atoms with E-state index in [0.717, 1.165) is 17.0 Å². The van der Waals surface area contributed by atoms with Crippen molar-refractivity contribution in [3.8, 4) is 0 Å². The topological polar surface area (TPSA) is 17.1 Å². The molecule has 2 heteroatoms. The second-order valence-electron chi connectivity index (χ2n) is 10.5. The Hall–Kier alpha value is -1.85. The fraction of sp³-hybridized carbons (Fsp3) is 0.429. The van der Waals surface area contributed by atoms with Crippen LogP contribution in [0.4, 0.5) is 0 Å². The van der Waals surface area contributed by atoms with Gasteiger partial charge in [-0.2, -0.15) is 0 Å². The van der Waals surface area contributed by atoms with Crippen molar-refractivity contribution >= 4 is 17.8 Å². The molecule has 3 aliphatic carbocycles. The molecular weight excluding hydrogens is 383 g/mol. The first-order valence-electron chi connectivity index (χ1n) is 11.6. The summed E-state index contributed by atoms with van der Waals surface area (Å²) in [5.74, 6) is 1.75. The predicted octanol–water partition coefficient (Wildman–Crippen LogP) is 7.07. The monoisotopic (exact) mass is 416 g/mol. The van der Waals surface area contributed by atoms with Crippen molar-refractivity contribution in [2.45, 2.75) is 52.9 Å². The molecule has 0 heterocycles. The molecule has 2 aromatic rings. The van der Waals surface area contributed by atoms with Crippen LogP contribution in [0, 0.1) is 23.2 Å². The molecule has 30 heavy (non-hydrogen) atoms. The molecule has 0 bridgehead atoms. The number of rotatable bonds is 3. The van der Waals surface area contributed by atoms with Crippen LogP contribution in [-0.2, 0) is 4.57 Å². The van der Waals surface area contributed by atoms with Gasteiger partial charge in [-0.05, 0) is 60.8 Å². The van der Waals surface area contributed by atoms with E-state index in [-0.39, 0.29) is 5.41 Å². The Balaban J connectivity index is 1.78. The standard InChI is InChI=1S/C28H33OP/c1-28(2,3)22-18-21-17-20-11-10-16-25(20)27(26(21)19-22)30(29,23-12-6-4-7-13-23)24-14-8-5-9-15-24/h4-9,12-15,19-22H,10-11,16-18H2,1-3H3/t20-,21+,22-/m1/s1. The fourth-order valence-corrected chi connectivity index (χ4v) is 9.36. The maximum absolute atomic E-state index is 15.3. The summed E-state index contributed by atoms with van der Waals surface area (Å²) in [6.45, 7) is 7.06. The lowest BCUT2D eigenvalue weighted by molar-refractivity contribution is 0.262. The minimum atomic E-state index is -2.91. The van der Waals surface area contributed by atoms with Gasteiger partial charge in [0, 0.05) is 15.9 Å². The van der Waals surface area contributed by atoms with Gasteiger partial charge < -0.3 is 4.57 Å². The van der Waals surface area contributed by atoms with E-state index in [1.807, 2.05) is 36.4 Å². The Morgan fingerprint density at radius 3 is 2.00 bits per heavy atom. The molecule has 3 aliphatic rings. The highest BCUT2D eigenvalue weighted by molar-refractivity contribution is 7.82. The van der Waals surface area contributed by atoms with Gasteiger partial charge in [-0.1, -0.05) is 93.1 Å². The zero-order valence-electron chi connectivity index (χ0n) is 18.5. The summed E-state index contributed by atoms with van der Waals surface area (Å²) >= 11 is 0. The van der Waals surface area contributed by atoms with Crippen molar-refractivity contribution in [1.29, 1.82) is 0 Å². The van der Waals surface area contributed by atoms with Gasteiger partial charge in [-0.3, -0.25) is 0 Å². The first-order chi connectivity index (χ1) is 14.4. The van der Waals surface area contributed by atoms with Gasteiger partial charge in [0.25, 0.3) is 0 Å². The van der Waals surface area contributed by atoms with E-state index in [1.54, 1.807) is 0 Å². The normalized spacial score (nSPS) is 26.4. The van der Waals surface area contributed by atoms with E-state index in [2.05, 4.69) is 51.1 Å². The first-order valence-corrected chi connectivity index (χ1v) is 13.3. The zero-order valence-corrected chi connectivity index (χ0v) is 19.4. The van der Waals surface area contributed by atoms with Crippen LogP contribution >= 0.6 is 7.14 Å². The van der Waals surface area contributed by atoms with E-state index in [4.69, 9.17) is 0 Å². The summed E-state index contributed by atoms with van der Waals surface area (Å²) in [6, 6.07) is 20.6. The van der Waals surface area contributed by atoms with Gasteiger partial charge in [-0.25, -0.2) is 0 Å². The summed E-state index contributed by atoms with van der Waals surface area (Å²) in [7, 11) is -2.91. The predicted molar refractivity (Wildman–Crippen MR) is 128 cm³/mol. The first kappa shape index (κ1) is 20.1. The molecule has 0 amide bonds. The number of hydrogen-bond acceptors (Lipinski definition) is 1. The van der Waals surface area contributed by atoms with E-state index in [9.17, 15) is 0 Å². The van der Waals surface area contributed by atoms with Crippen LogP contribution < -0.4 is 10.6 Å². The van der Waals surface area contributed by atoms with Crippen LogP contribution in [0.3, 0.4) is 0 Å². The Kier molecular flexibility index (Phi) is 4.94. The van der Waals surface area contributed by atoms with Crippen molar-refractivity contribution in [1.82, 2.24) is 0 Å². The Bertz CT molecular complexity index is 996. The smallest absolute Gasteiger partial charge is 0.171 e. The second-order valence-corrected chi connectivity index (χ2v) is 13.2. The van der Waals surface area contributed by atoms with Gasteiger partial charge >= 0.3 is 0 Å². The number of fused-ring (bicyclic) bond motifs is 2. The summed E-state index contributed by atoms with van der Waals surface area (Å²) < 4.78 is 15.3. The highest BCUT2D eigenvalue weighted by Gasteiger charge is 2.47. The summed E-state index contributed by atoms with van der Waals surface area (Å²) in [5.41, 5.74) is 3.20. The van der Waals surface area contributed by atoms with Crippen LogP contribution in [0.2, 0.25) is 0 Å². The van der Waals surface area contributed by atoms with Crippen molar-refractivity contribution in [3.63, 3.8) is 0 Å². The quantitative estimate of drug-likeness (QED) is 0.489. The molecule has 1 fully saturated rings. The molecule has 156 valence electrons. The SMILES string of the molecule is CC(C)(C)[C@H]1C=C2C(P(=O)(c3ccccc3)c3ccccc3)=C3CCC[C@@H]3C[C@H]2C1. The van der Waals surface area contributed by atoms with Crippen molar-refractivity contribution in [2.24, 2.45) is 23.2 Å². The minimum Gasteiger partial charge on any atom is -0.309 e. The van der Waals surface area contributed by atoms with E-state index >= 15 is 4.57 Å². The third kappa shape index (κ3) is 3.18. The third-order valence-corrected chi connectivity index (χ3v) is 10.9. The Labute approximate surface area is 181 Å². The molecule has 0 spiro atoms. The number of hydrogen-bond donors (Lipinski definition) is 0. The molecule has 0 saturated heterocycles. The largest absolute Gasteiger partial charge is 0.309 e. The van der Waals surface area contributed by atoms with E-state index in [0.29, 0.717) is 17.8 Å². The second kappa shape index (κ2) is 7.38. The van der Waals surface area contributed by atoms with Crippen LogP contribution in [0.15, 0.2) is 83.2 Å². The lowest BCUT2D eigenvalue weighted by Gasteiger charge is -2.35. The average Bonchev–Trinajstić information content (AvgIpc) is 3.39.